The van der Waals surface area contributed by atoms with Gasteiger partial charge in [0.2, 0.25) is 0 Å². The first-order valence-corrected chi connectivity index (χ1v) is 6.64. The van der Waals surface area contributed by atoms with E-state index < -0.39 is 12.6 Å². The van der Waals surface area contributed by atoms with Gasteiger partial charge in [0.15, 0.2) is 17.7 Å². The molecule has 21 heavy (non-hydrogen) atoms. The number of thiocarbonyl (C=S) groups is 1. The summed E-state index contributed by atoms with van der Waals surface area (Å²) in [5.41, 5.74) is 1.82. The molecule has 0 saturated carbocycles. The van der Waals surface area contributed by atoms with Crippen molar-refractivity contribution in [2.75, 3.05) is 0 Å². The quantitative estimate of drug-likeness (QED) is 0.398. The van der Waals surface area contributed by atoms with E-state index >= 15 is 0 Å². The Hall–Kier alpha value is -2.00. The Morgan fingerprint density at radius 2 is 1.95 bits per heavy atom. The van der Waals surface area contributed by atoms with Gasteiger partial charge < -0.3 is 20.8 Å². The summed E-state index contributed by atoms with van der Waals surface area (Å²) < 4.78 is 0. The highest BCUT2D eigenvalue weighted by molar-refractivity contribution is 7.80. The van der Waals surface area contributed by atoms with Gasteiger partial charge >= 0.3 is 0 Å². The Labute approximate surface area is 127 Å². The van der Waals surface area contributed by atoms with Gasteiger partial charge in [-0.15, -0.1) is 0 Å². The molecule has 0 spiro atoms. The van der Waals surface area contributed by atoms with Crippen molar-refractivity contribution in [1.82, 2.24) is 21.3 Å². The summed E-state index contributed by atoms with van der Waals surface area (Å²) in [6, 6.07) is 7.05. The van der Waals surface area contributed by atoms with Gasteiger partial charge in [-0.2, -0.15) is 0 Å². The van der Waals surface area contributed by atoms with Crippen LogP contribution in [-0.2, 0) is 0 Å². The van der Waals surface area contributed by atoms with E-state index in [1.165, 1.54) is 6.20 Å². The molecule has 2 rings (SSSR count). The third kappa shape index (κ3) is 4.23. The normalized spacial score (nSPS) is 21.0. The van der Waals surface area contributed by atoms with E-state index in [-0.39, 0.29) is 16.7 Å². The molecule has 0 aromatic heterocycles. The van der Waals surface area contributed by atoms with E-state index in [2.05, 4.69) is 21.3 Å². The van der Waals surface area contributed by atoms with Crippen LogP contribution in [0.15, 0.2) is 36.2 Å². The molecule has 2 atom stereocenters. The van der Waals surface area contributed by atoms with Gasteiger partial charge in [0.1, 0.15) is 0 Å². The molecule has 0 aliphatic carbocycles. The van der Waals surface area contributed by atoms with E-state index in [0.717, 1.165) is 5.56 Å². The lowest BCUT2D eigenvalue weighted by molar-refractivity contribution is 0.0342. The van der Waals surface area contributed by atoms with Crippen molar-refractivity contribution >= 4 is 23.2 Å². The highest BCUT2D eigenvalue weighted by atomic mass is 32.1. The van der Waals surface area contributed by atoms with Crippen LogP contribution in [0.1, 0.15) is 15.9 Å². The van der Waals surface area contributed by atoms with Crippen LogP contribution >= 0.6 is 12.2 Å². The Morgan fingerprint density at radius 3 is 2.57 bits per heavy atom. The number of nitrogens with one attached hydrogen (secondary N) is 4. The molecule has 0 bridgehead atoms. The predicted octanol–water partition coefficient (Wildman–Crippen LogP) is -0.772. The number of aryl methyl sites for hydroxylation is 1. The zero-order valence-corrected chi connectivity index (χ0v) is 12.1. The predicted molar refractivity (Wildman–Crippen MR) is 80.7 cm³/mol. The highest BCUT2D eigenvalue weighted by Gasteiger charge is 2.20. The number of aliphatic hydroxyl groups excluding tert-OH is 2. The minimum absolute atomic E-state index is 0.0471. The maximum atomic E-state index is 11.9. The average molecular weight is 308 g/mol. The molecule has 6 N–H and O–H groups in total. The lowest BCUT2D eigenvalue weighted by Gasteiger charge is -2.27. The lowest BCUT2D eigenvalue weighted by Crippen LogP contribution is -2.54. The molecule has 0 radical (unpaired) electrons. The van der Waals surface area contributed by atoms with Crippen molar-refractivity contribution in [2.45, 2.75) is 19.5 Å². The topological polar surface area (TPSA) is 106 Å². The third-order valence-corrected chi connectivity index (χ3v) is 3.01. The van der Waals surface area contributed by atoms with Crippen LogP contribution in [0.4, 0.5) is 0 Å². The zero-order chi connectivity index (χ0) is 15.4. The maximum absolute atomic E-state index is 11.9. The number of amides is 1. The summed E-state index contributed by atoms with van der Waals surface area (Å²) >= 11 is 5.01. The smallest absolute Gasteiger partial charge is 0.257 e. The number of hydrogen-bond donors (Lipinski definition) is 6. The van der Waals surface area contributed by atoms with E-state index in [0.29, 0.717) is 5.56 Å². The Bertz CT molecular complexity index is 573. The Kier molecular flexibility index (Phi) is 4.86. The molecule has 2 unspecified atom stereocenters. The molecule has 0 fully saturated rings. The minimum Gasteiger partial charge on any atom is -0.373 e. The summed E-state index contributed by atoms with van der Waals surface area (Å²) in [5, 5.41) is 29.0. The molecular weight excluding hydrogens is 292 g/mol. The number of hydrogen-bond acceptors (Lipinski definition) is 6. The van der Waals surface area contributed by atoms with Crippen LogP contribution < -0.4 is 21.3 Å². The van der Waals surface area contributed by atoms with Crippen LogP contribution in [0.2, 0.25) is 0 Å². The van der Waals surface area contributed by atoms with Crippen molar-refractivity contribution in [3.63, 3.8) is 0 Å². The second kappa shape index (κ2) is 6.64. The summed E-state index contributed by atoms with van der Waals surface area (Å²) in [4.78, 5) is 11.9. The van der Waals surface area contributed by atoms with Gasteiger partial charge in [-0.25, -0.2) is 5.32 Å². The van der Waals surface area contributed by atoms with Crippen molar-refractivity contribution in [3.8, 4) is 0 Å². The molecule has 1 aliphatic rings. The van der Waals surface area contributed by atoms with Gasteiger partial charge in [0, 0.05) is 11.8 Å². The second-order valence-corrected chi connectivity index (χ2v) is 4.92. The highest BCUT2D eigenvalue weighted by Crippen LogP contribution is 2.03. The maximum Gasteiger partial charge on any atom is 0.257 e. The summed E-state index contributed by atoms with van der Waals surface area (Å²) in [5.74, 6) is -0.348. The number of benzene rings is 1. The third-order valence-electron chi connectivity index (χ3n) is 2.81. The van der Waals surface area contributed by atoms with Crippen LogP contribution in [0, 0.1) is 6.92 Å². The second-order valence-electron chi connectivity index (χ2n) is 4.51. The molecule has 1 aromatic rings. The number of carbonyl (C=O) groups excluding carboxylic acids is 1. The summed E-state index contributed by atoms with van der Waals surface area (Å²) in [6.07, 6.45) is -0.785. The minimum atomic E-state index is -1.12. The van der Waals surface area contributed by atoms with Crippen LogP contribution in [0.5, 0.6) is 0 Å². The molecule has 1 aromatic carbocycles. The number of rotatable bonds is 2. The standard InChI is InChI=1S/C13H16N4O3S/c1-7-2-4-8(5-3-7)10(18)17-13(21)15-9-6-14-12(20)16-11(9)19/h2-6,11-12,14,16,19-20H,1H3,(H2,15,17,18,21). The van der Waals surface area contributed by atoms with Crippen molar-refractivity contribution in [3.05, 3.63) is 47.3 Å². The Balaban J connectivity index is 1.92. The fraction of sp³-hybridized carbons (Fsp3) is 0.231. The first kappa shape index (κ1) is 15.4. The molecule has 1 amide bonds. The molecule has 7 nitrogen and oxygen atoms in total. The van der Waals surface area contributed by atoms with Gasteiger partial charge in [-0.1, -0.05) is 17.7 Å². The van der Waals surface area contributed by atoms with E-state index in [1.807, 2.05) is 19.1 Å². The monoisotopic (exact) mass is 308 g/mol. The fourth-order valence-corrected chi connectivity index (χ4v) is 1.89. The molecule has 1 heterocycles. The van der Waals surface area contributed by atoms with Gasteiger partial charge in [-0.3, -0.25) is 10.1 Å². The van der Waals surface area contributed by atoms with E-state index in [9.17, 15) is 15.0 Å². The van der Waals surface area contributed by atoms with E-state index in [4.69, 9.17) is 12.2 Å². The largest absolute Gasteiger partial charge is 0.373 e. The van der Waals surface area contributed by atoms with Gasteiger partial charge in [0.05, 0.1) is 5.70 Å². The van der Waals surface area contributed by atoms with Crippen molar-refractivity contribution < 1.29 is 15.0 Å². The lowest BCUT2D eigenvalue weighted by atomic mass is 10.1. The molecule has 8 heteroatoms. The average Bonchev–Trinajstić information content (AvgIpc) is 2.42. The van der Waals surface area contributed by atoms with Crippen molar-refractivity contribution in [1.29, 1.82) is 0 Å². The van der Waals surface area contributed by atoms with Gasteiger partial charge in [0.25, 0.3) is 5.91 Å². The Morgan fingerprint density at radius 1 is 1.29 bits per heavy atom. The SMILES string of the molecule is Cc1ccc(C(=O)NC(=S)NC2=CNC(O)NC2O)cc1. The zero-order valence-electron chi connectivity index (χ0n) is 11.3. The molecule has 0 saturated heterocycles. The van der Waals surface area contributed by atoms with Crippen molar-refractivity contribution in [2.24, 2.45) is 0 Å². The van der Waals surface area contributed by atoms with Crippen LogP contribution in [0.25, 0.3) is 0 Å². The molecule has 112 valence electrons. The number of carbonyl (C=O) groups is 1. The molecular formula is C13H16N4O3S. The first-order valence-electron chi connectivity index (χ1n) is 6.23. The van der Waals surface area contributed by atoms with E-state index in [1.54, 1.807) is 12.1 Å². The molecule has 1 aliphatic heterocycles. The summed E-state index contributed by atoms with van der Waals surface area (Å²) in [6.45, 7) is 1.93. The van der Waals surface area contributed by atoms with Crippen LogP contribution in [-0.4, -0.2) is 33.8 Å². The summed E-state index contributed by atoms with van der Waals surface area (Å²) in [7, 11) is 0. The van der Waals surface area contributed by atoms with Gasteiger partial charge in [-0.05, 0) is 31.3 Å². The number of aliphatic hydroxyl groups is 2. The van der Waals surface area contributed by atoms with Crippen LogP contribution in [0.3, 0.4) is 0 Å². The first-order chi connectivity index (χ1) is 9.95. The fourth-order valence-electron chi connectivity index (χ4n) is 1.68.